The third-order valence-corrected chi connectivity index (χ3v) is 5.48. The molecule has 5 nitrogen and oxygen atoms in total. The van der Waals surface area contributed by atoms with E-state index in [9.17, 15) is 14.7 Å². The lowest BCUT2D eigenvalue weighted by Crippen LogP contribution is -2.16. The summed E-state index contributed by atoms with van der Waals surface area (Å²) < 4.78 is 1.97. The van der Waals surface area contributed by atoms with Crippen LogP contribution in [0.2, 0.25) is 0 Å². The number of amides is 1. The molecular formula is C18H16N2O3S2. The van der Waals surface area contributed by atoms with E-state index >= 15 is 0 Å². The highest BCUT2D eigenvalue weighted by Crippen LogP contribution is 2.33. The first-order valence-corrected chi connectivity index (χ1v) is 9.34. The summed E-state index contributed by atoms with van der Waals surface area (Å²) in [7, 11) is 0. The van der Waals surface area contributed by atoms with Crippen LogP contribution in [0.3, 0.4) is 0 Å². The molecule has 0 aliphatic rings. The van der Waals surface area contributed by atoms with Crippen molar-refractivity contribution < 1.29 is 14.7 Å². The minimum absolute atomic E-state index is 0.0190. The van der Waals surface area contributed by atoms with Crippen LogP contribution in [0.1, 0.15) is 34.6 Å². The first kappa shape index (κ1) is 17.4. The number of anilines is 1. The van der Waals surface area contributed by atoms with Crippen LogP contribution in [0, 0.1) is 0 Å². The summed E-state index contributed by atoms with van der Waals surface area (Å²) >= 11 is 3.28. The first-order chi connectivity index (χ1) is 11.9. The third kappa shape index (κ3) is 4.00. The number of nitrogens with one attached hydrogen (secondary N) is 1. The van der Waals surface area contributed by atoms with Gasteiger partial charge in [-0.2, -0.15) is 0 Å². The average Bonchev–Trinajstić information content (AvgIpc) is 2.95. The second-order valence-electron chi connectivity index (χ2n) is 5.63. The minimum Gasteiger partial charge on any atom is -0.478 e. The molecule has 0 saturated heterocycles. The Labute approximate surface area is 153 Å². The van der Waals surface area contributed by atoms with Crippen LogP contribution in [-0.4, -0.2) is 27.2 Å². The molecule has 0 aliphatic carbocycles. The molecular weight excluding hydrogens is 356 g/mol. The average molecular weight is 372 g/mol. The smallest absolute Gasteiger partial charge is 0.336 e. The van der Waals surface area contributed by atoms with Gasteiger partial charge in [0, 0.05) is 10.9 Å². The lowest BCUT2D eigenvalue weighted by atomic mass is 10.1. The number of carbonyl (C=O) groups excluding carboxylic acids is 1. The van der Waals surface area contributed by atoms with E-state index in [2.05, 4.69) is 24.1 Å². The van der Waals surface area contributed by atoms with Gasteiger partial charge >= 0.3 is 5.97 Å². The fourth-order valence-electron chi connectivity index (χ4n) is 2.30. The highest BCUT2D eigenvalue weighted by atomic mass is 32.2. The van der Waals surface area contributed by atoms with E-state index in [-0.39, 0.29) is 11.1 Å². The topological polar surface area (TPSA) is 79.3 Å². The minimum atomic E-state index is -1.13. The summed E-state index contributed by atoms with van der Waals surface area (Å²) in [6.45, 7) is 4.23. The van der Waals surface area contributed by atoms with Crippen molar-refractivity contribution in [3.05, 3.63) is 53.6 Å². The number of aromatic nitrogens is 1. The van der Waals surface area contributed by atoms with Gasteiger partial charge in [-0.05, 0) is 30.3 Å². The molecule has 25 heavy (non-hydrogen) atoms. The number of hydrogen-bond acceptors (Lipinski definition) is 5. The molecule has 1 amide bonds. The van der Waals surface area contributed by atoms with Gasteiger partial charge < -0.3 is 10.4 Å². The number of carboxylic acids is 1. The van der Waals surface area contributed by atoms with E-state index in [1.54, 1.807) is 41.3 Å². The van der Waals surface area contributed by atoms with Gasteiger partial charge in [0.1, 0.15) is 0 Å². The largest absolute Gasteiger partial charge is 0.478 e. The molecule has 7 heteroatoms. The molecule has 0 saturated carbocycles. The molecule has 0 atom stereocenters. The molecule has 0 unspecified atom stereocenters. The SMILES string of the molecule is CC(C)Sc1nc2ccc(NC(=O)c3ccccc3C(=O)O)cc2s1. The second-order valence-corrected chi connectivity index (χ2v) is 8.49. The standard InChI is InChI=1S/C18H16N2O3S2/c1-10(2)24-18-20-14-8-7-11(9-15(14)25-18)19-16(21)12-5-3-4-6-13(12)17(22)23/h3-10H,1-2H3,(H,19,21)(H,22,23). The molecule has 3 aromatic rings. The van der Waals surface area contributed by atoms with Crippen LogP contribution in [0.25, 0.3) is 10.2 Å². The molecule has 2 aromatic carbocycles. The number of nitrogens with zero attached hydrogens (tertiary/aromatic N) is 1. The summed E-state index contributed by atoms with van der Waals surface area (Å²) in [5, 5.41) is 12.4. The highest BCUT2D eigenvalue weighted by molar-refractivity contribution is 8.01. The van der Waals surface area contributed by atoms with Crippen molar-refractivity contribution >= 4 is 50.9 Å². The quantitative estimate of drug-likeness (QED) is 0.632. The van der Waals surface area contributed by atoms with Crippen LogP contribution < -0.4 is 5.32 Å². The van der Waals surface area contributed by atoms with E-state index in [1.165, 1.54) is 12.1 Å². The number of carboxylic acid groups (broad SMARTS) is 1. The van der Waals surface area contributed by atoms with E-state index in [0.29, 0.717) is 10.9 Å². The number of thioether (sulfide) groups is 1. The number of benzene rings is 2. The van der Waals surface area contributed by atoms with E-state index in [0.717, 1.165) is 14.6 Å². The molecule has 0 bridgehead atoms. The van der Waals surface area contributed by atoms with Crippen LogP contribution in [0.5, 0.6) is 0 Å². The van der Waals surface area contributed by atoms with Gasteiger partial charge in [-0.15, -0.1) is 11.3 Å². The summed E-state index contributed by atoms with van der Waals surface area (Å²) in [5.41, 5.74) is 1.62. The Morgan fingerprint density at radius 1 is 1.16 bits per heavy atom. The highest BCUT2D eigenvalue weighted by Gasteiger charge is 2.16. The molecule has 0 radical (unpaired) electrons. The monoisotopic (exact) mass is 372 g/mol. The van der Waals surface area contributed by atoms with Crippen molar-refractivity contribution in [1.29, 1.82) is 0 Å². The van der Waals surface area contributed by atoms with Gasteiger partial charge in [0.2, 0.25) is 0 Å². The van der Waals surface area contributed by atoms with Crippen molar-refractivity contribution in [2.45, 2.75) is 23.4 Å². The van der Waals surface area contributed by atoms with Crippen molar-refractivity contribution in [3.8, 4) is 0 Å². The molecule has 1 heterocycles. The maximum absolute atomic E-state index is 12.4. The van der Waals surface area contributed by atoms with Crippen molar-refractivity contribution in [1.82, 2.24) is 4.98 Å². The number of rotatable bonds is 5. The predicted octanol–water partition coefficient (Wildman–Crippen LogP) is 4.75. The lowest BCUT2D eigenvalue weighted by Gasteiger charge is -2.07. The van der Waals surface area contributed by atoms with Crippen LogP contribution in [-0.2, 0) is 0 Å². The number of fused-ring (bicyclic) bond motifs is 1. The molecule has 0 spiro atoms. The Balaban J connectivity index is 1.85. The number of thiazole rings is 1. The van der Waals surface area contributed by atoms with Gasteiger partial charge in [-0.1, -0.05) is 37.7 Å². The van der Waals surface area contributed by atoms with Crippen molar-refractivity contribution in [2.24, 2.45) is 0 Å². The molecule has 0 aliphatic heterocycles. The molecule has 0 fully saturated rings. The lowest BCUT2D eigenvalue weighted by molar-refractivity contribution is 0.0692. The Kier molecular flexibility index (Phi) is 5.06. The zero-order chi connectivity index (χ0) is 18.0. The van der Waals surface area contributed by atoms with Gasteiger partial charge in [-0.3, -0.25) is 4.79 Å². The molecule has 3 rings (SSSR count). The Hall–Kier alpha value is -2.38. The molecule has 1 aromatic heterocycles. The van der Waals surface area contributed by atoms with Crippen LogP contribution in [0.15, 0.2) is 46.8 Å². The Morgan fingerprint density at radius 2 is 1.88 bits per heavy atom. The summed E-state index contributed by atoms with van der Waals surface area (Å²) in [5.74, 6) is -1.57. The van der Waals surface area contributed by atoms with E-state index in [1.807, 2.05) is 12.1 Å². The predicted molar refractivity (Wildman–Crippen MR) is 102 cm³/mol. The molecule has 2 N–H and O–H groups in total. The fraction of sp³-hybridized carbons (Fsp3) is 0.167. The zero-order valence-corrected chi connectivity index (χ0v) is 15.3. The normalized spacial score (nSPS) is 11.0. The van der Waals surface area contributed by atoms with Crippen LogP contribution in [0.4, 0.5) is 5.69 Å². The third-order valence-electron chi connectivity index (χ3n) is 3.37. The van der Waals surface area contributed by atoms with E-state index < -0.39 is 11.9 Å². The number of carbonyl (C=O) groups is 2. The number of aromatic carboxylic acids is 1. The maximum atomic E-state index is 12.4. The fourth-order valence-corrected chi connectivity index (χ4v) is 4.63. The maximum Gasteiger partial charge on any atom is 0.336 e. The zero-order valence-electron chi connectivity index (χ0n) is 13.6. The summed E-state index contributed by atoms with van der Waals surface area (Å²) in [4.78, 5) is 28.3. The Bertz CT molecular complexity index is 950. The Morgan fingerprint density at radius 3 is 2.56 bits per heavy atom. The summed E-state index contributed by atoms with van der Waals surface area (Å²) in [6.07, 6.45) is 0. The van der Waals surface area contributed by atoms with Crippen molar-refractivity contribution in [2.75, 3.05) is 5.32 Å². The first-order valence-electron chi connectivity index (χ1n) is 7.65. The van der Waals surface area contributed by atoms with Gasteiger partial charge in [0.05, 0.1) is 21.3 Å². The summed E-state index contributed by atoms with van der Waals surface area (Å²) in [6, 6.07) is 11.6. The van der Waals surface area contributed by atoms with E-state index in [4.69, 9.17) is 0 Å². The molecule has 128 valence electrons. The number of hydrogen-bond donors (Lipinski definition) is 2. The van der Waals surface area contributed by atoms with Gasteiger partial charge in [-0.25, -0.2) is 9.78 Å². The second kappa shape index (κ2) is 7.25. The van der Waals surface area contributed by atoms with Crippen LogP contribution >= 0.6 is 23.1 Å². The van der Waals surface area contributed by atoms with Gasteiger partial charge in [0.15, 0.2) is 4.34 Å². The van der Waals surface area contributed by atoms with Gasteiger partial charge in [0.25, 0.3) is 5.91 Å². The van der Waals surface area contributed by atoms with Crippen molar-refractivity contribution in [3.63, 3.8) is 0 Å².